The fourth-order valence-electron chi connectivity index (χ4n) is 4.37. The van der Waals surface area contributed by atoms with Crippen molar-refractivity contribution in [1.29, 1.82) is 0 Å². The summed E-state index contributed by atoms with van der Waals surface area (Å²) in [6, 6.07) is 15.4. The van der Waals surface area contributed by atoms with E-state index in [1.54, 1.807) is 0 Å². The first kappa shape index (κ1) is 28.1. The number of pyridine rings is 1. The molecule has 0 aliphatic rings. The quantitative estimate of drug-likeness (QED) is 0.301. The van der Waals surface area contributed by atoms with Gasteiger partial charge in [-0.2, -0.15) is 4.98 Å². The number of halogens is 1. The minimum atomic E-state index is -4.48. The number of aryl methyl sites for hydroxylation is 1. The third kappa shape index (κ3) is 6.07. The largest absolute Gasteiger partial charge is 0.493 e. The highest BCUT2D eigenvalue weighted by Gasteiger charge is 2.32. The Labute approximate surface area is 226 Å². The number of hydrogen-bond donors (Lipinski definition) is 1. The molecule has 0 amide bonds. The Bertz CT molecular complexity index is 1600. The van der Waals surface area contributed by atoms with Crippen molar-refractivity contribution in [2.45, 2.75) is 42.5 Å². The SMILES string of the molecule is COC[C@@H](c1ccccc1)n1c(CCC(C)C)nc(=O)c(S(=O)(=O)c2ccc(-c3cncc(F)c3)cc2)c1O. The summed E-state index contributed by atoms with van der Waals surface area (Å²) >= 11 is 0. The van der Waals surface area contributed by atoms with Crippen molar-refractivity contribution in [3.63, 3.8) is 0 Å². The van der Waals surface area contributed by atoms with Gasteiger partial charge in [0.25, 0.3) is 5.56 Å². The van der Waals surface area contributed by atoms with Crippen LogP contribution in [-0.2, 0) is 21.0 Å². The number of nitrogens with zero attached hydrogens (tertiary/aromatic N) is 3. The molecule has 0 saturated heterocycles. The Morgan fingerprint density at radius 1 is 1.03 bits per heavy atom. The van der Waals surface area contributed by atoms with Gasteiger partial charge < -0.3 is 9.84 Å². The zero-order valence-corrected chi connectivity index (χ0v) is 22.7. The zero-order valence-electron chi connectivity index (χ0n) is 21.9. The second kappa shape index (κ2) is 11.9. The van der Waals surface area contributed by atoms with Crippen molar-refractivity contribution in [2.24, 2.45) is 5.92 Å². The molecule has 0 bridgehead atoms. The first-order chi connectivity index (χ1) is 18.6. The molecule has 0 spiro atoms. The Kier molecular flexibility index (Phi) is 8.57. The lowest BCUT2D eigenvalue weighted by molar-refractivity contribution is 0.161. The monoisotopic (exact) mass is 551 g/mol. The van der Waals surface area contributed by atoms with Crippen molar-refractivity contribution >= 4 is 9.84 Å². The van der Waals surface area contributed by atoms with Crippen LogP contribution in [0.15, 0.2) is 87.6 Å². The second-order valence-corrected chi connectivity index (χ2v) is 11.5. The third-order valence-electron chi connectivity index (χ3n) is 6.37. The highest BCUT2D eigenvalue weighted by atomic mass is 32.2. The average molecular weight is 552 g/mol. The maximum atomic E-state index is 13.7. The molecule has 2 aromatic carbocycles. The van der Waals surface area contributed by atoms with E-state index in [4.69, 9.17) is 4.74 Å². The van der Waals surface area contributed by atoms with Gasteiger partial charge in [0, 0.05) is 25.3 Å². The zero-order chi connectivity index (χ0) is 28.2. The van der Waals surface area contributed by atoms with Crippen molar-refractivity contribution in [3.05, 3.63) is 101 Å². The summed E-state index contributed by atoms with van der Waals surface area (Å²) in [7, 11) is -2.98. The first-order valence-corrected chi connectivity index (χ1v) is 14.0. The number of benzene rings is 2. The van der Waals surface area contributed by atoms with E-state index in [1.807, 2.05) is 44.2 Å². The summed E-state index contributed by atoms with van der Waals surface area (Å²) in [6.07, 6.45) is 3.55. The van der Waals surface area contributed by atoms with Crippen LogP contribution in [0.2, 0.25) is 0 Å². The number of sulfone groups is 1. The summed E-state index contributed by atoms with van der Waals surface area (Å²) in [6.45, 7) is 4.15. The van der Waals surface area contributed by atoms with Crippen LogP contribution in [0.3, 0.4) is 0 Å². The van der Waals surface area contributed by atoms with E-state index in [0.29, 0.717) is 24.0 Å². The van der Waals surface area contributed by atoms with Crippen molar-refractivity contribution in [3.8, 4) is 17.0 Å². The van der Waals surface area contributed by atoms with Crippen LogP contribution in [0.1, 0.15) is 37.7 Å². The fraction of sp³-hybridized carbons (Fsp3) is 0.276. The van der Waals surface area contributed by atoms with E-state index in [9.17, 15) is 22.7 Å². The molecule has 1 atom stereocenters. The first-order valence-electron chi connectivity index (χ1n) is 12.5. The normalized spacial score (nSPS) is 12.5. The predicted octanol–water partition coefficient (Wildman–Crippen LogP) is 4.81. The Morgan fingerprint density at radius 3 is 2.33 bits per heavy atom. The van der Waals surface area contributed by atoms with Crippen LogP contribution < -0.4 is 5.56 Å². The van der Waals surface area contributed by atoms with Crippen LogP contribution in [0.5, 0.6) is 5.88 Å². The standard InChI is InChI=1S/C29H30FN3O5S/c1-19(2)9-14-26-32-28(34)27(29(35)33(26)25(18-38-3)21-7-5-4-6-8-21)39(36,37)24-12-10-20(11-13-24)22-15-23(30)17-31-16-22/h4-8,10-13,15-17,19,25,35H,9,14,18H2,1-3H3/t25-/m0/s1. The van der Waals surface area contributed by atoms with Gasteiger partial charge in [-0.1, -0.05) is 56.3 Å². The molecule has 2 aromatic heterocycles. The van der Waals surface area contributed by atoms with Crippen LogP contribution in [0.4, 0.5) is 4.39 Å². The minimum absolute atomic E-state index is 0.104. The lowest BCUT2D eigenvalue weighted by Gasteiger charge is -2.26. The predicted molar refractivity (Wildman–Crippen MR) is 145 cm³/mol. The van der Waals surface area contributed by atoms with Crippen LogP contribution in [0.25, 0.3) is 11.1 Å². The summed E-state index contributed by atoms with van der Waals surface area (Å²) in [5, 5.41) is 11.5. The van der Waals surface area contributed by atoms with E-state index in [0.717, 1.165) is 11.8 Å². The molecule has 39 heavy (non-hydrogen) atoms. The number of aromatic hydroxyl groups is 1. The van der Waals surface area contributed by atoms with Gasteiger partial charge in [0.1, 0.15) is 11.6 Å². The fourth-order valence-corrected chi connectivity index (χ4v) is 5.72. The molecule has 4 aromatic rings. The molecule has 1 N–H and O–H groups in total. The van der Waals surface area contributed by atoms with Gasteiger partial charge in [0.05, 0.1) is 23.7 Å². The van der Waals surface area contributed by atoms with Gasteiger partial charge in [-0.15, -0.1) is 0 Å². The van der Waals surface area contributed by atoms with Crippen LogP contribution in [-0.4, -0.2) is 41.8 Å². The van der Waals surface area contributed by atoms with Crippen molar-refractivity contribution in [1.82, 2.24) is 14.5 Å². The number of rotatable bonds is 10. The lowest BCUT2D eigenvalue weighted by Crippen LogP contribution is -2.29. The molecular weight excluding hydrogens is 521 g/mol. The van der Waals surface area contributed by atoms with Gasteiger partial charge in [-0.05, 0) is 41.7 Å². The molecule has 0 radical (unpaired) electrons. The molecule has 2 heterocycles. The van der Waals surface area contributed by atoms with E-state index in [2.05, 4.69) is 9.97 Å². The molecule has 0 aliphatic carbocycles. The number of hydrogen-bond acceptors (Lipinski definition) is 7. The molecule has 8 nitrogen and oxygen atoms in total. The van der Waals surface area contributed by atoms with E-state index >= 15 is 0 Å². The summed E-state index contributed by atoms with van der Waals surface area (Å²) < 4.78 is 47.8. The van der Waals surface area contributed by atoms with Crippen LogP contribution >= 0.6 is 0 Å². The Morgan fingerprint density at radius 2 is 1.72 bits per heavy atom. The molecule has 204 valence electrons. The maximum absolute atomic E-state index is 13.7. The topological polar surface area (TPSA) is 111 Å². The van der Waals surface area contributed by atoms with Gasteiger partial charge in [0.15, 0.2) is 4.90 Å². The second-order valence-electron chi connectivity index (χ2n) is 9.59. The molecule has 10 heteroatoms. The van der Waals surface area contributed by atoms with Crippen LogP contribution in [0, 0.1) is 11.7 Å². The Balaban J connectivity index is 1.87. The lowest BCUT2D eigenvalue weighted by atomic mass is 10.0. The highest BCUT2D eigenvalue weighted by molar-refractivity contribution is 7.91. The molecule has 0 fully saturated rings. The van der Waals surface area contributed by atoms with Crippen molar-refractivity contribution < 1.29 is 22.7 Å². The number of ether oxygens (including phenoxy) is 1. The molecule has 0 saturated carbocycles. The number of methoxy groups -OCH3 is 1. The van der Waals surface area contributed by atoms with Gasteiger partial charge in [-0.3, -0.25) is 14.3 Å². The maximum Gasteiger partial charge on any atom is 0.296 e. The van der Waals surface area contributed by atoms with Gasteiger partial charge in [-0.25, -0.2) is 12.8 Å². The number of aromatic nitrogens is 3. The average Bonchev–Trinajstić information content (AvgIpc) is 2.91. The summed E-state index contributed by atoms with van der Waals surface area (Å²) in [5.74, 6) is -0.671. The minimum Gasteiger partial charge on any atom is -0.493 e. The molecule has 4 rings (SSSR count). The van der Waals surface area contributed by atoms with Gasteiger partial charge in [0.2, 0.25) is 15.7 Å². The van der Waals surface area contributed by atoms with E-state index in [1.165, 1.54) is 48.2 Å². The summed E-state index contributed by atoms with van der Waals surface area (Å²) in [5.41, 5.74) is 0.715. The molecule has 0 aliphatic heterocycles. The highest BCUT2D eigenvalue weighted by Crippen LogP contribution is 2.33. The molecular formula is C29H30FN3O5S. The smallest absolute Gasteiger partial charge is 0.296 e. The van der Waals surface area contributed by atoms with E-state index in [-0.39, 0.29) is 23.2 Å². The third-order valence-corrected chi connectivity index (χ3v) is 8.16. The van der Waals surface area contributed by atoms with E-state index < -0.39 is 38.0 Å². The molecule has 0 unspecified atom stereocenters. The summed E-state index contributed by atoms with van der Waals surface area (Å²) in [4.78, 5) is 20.1. The van der Waals surface area contributed by atoms with Crippen molar-refractivity contribution in [2.75, 3.05) is 13.7 Å². The van der Waals surface area contributed by atoms with Gasteiger partial charge >= 0.3 is 0 Å². The Hall–Kier alpha value is -3.89.